The number of hydrogen-bond acceptors (Lipinski definition) is 12. The van der Waals surface area contributed by atoms with Gasteiger partial charge in [0.15, 0.2) is 28.1 Å². The molecule has 0 aromatic heterocycles. The molecule has 1 unspecified atom stereocenters. The van der Waals surface area contributed by atoms with E-state index in [1.165, 1.54) is 40.4 Å². The Morgan fingerprint density at radius 1 is 0.787 bits per heavy atom. The number of rotatable bonds is 13. The van der Waals surface area contributed by atoms with E-state index in [4.69, 9.17) is 24.1 Å². The number of phenolic OH excluding ortho intramolecular Hbond substituents is 2. The van der Waals surface area contributed by atoms with E-state index in [2.05, 4.69) is 10.6 Å². The SMILES string of the molecule is COc1c(O)c2c(=O)cc(OC)c3c4c(OC)cc(=O)c5c(O)c(NCCNCCOCCO)c6c(c(c1C(C(C)=O)C(C)=C6)c23)c54. The number of fused-ring (bicyclic) bond motifs is 1. The summed E-state index contributed by atoms with van der Waals surface area (Å²) in [6.45, 7) is 5.14. The van der Waals surface area contributed by atoms with Crippen LogP contribution in [0.5, 0.6) is 28.7 Å². The van der Waals surface area contributed by atoms with Gasteiger partial charge in [-0.15, -0.1) is 0 Å². The van der Waals surface area contributed by atoms with Crippen molar-refractivity contribution in [2.45, 2.75) is 19.8 Å². The van der Waals surface area contributed by atoms with Crippen molar-refractivity contribution in [3.63, 3.8) is 0 Å². The molecule has 6 rings (SSSR count). The van der Waals surface area contributed by atoms with Crippen molar-refractivity contribution in [3.05, 3.63) is 49.3 Å². The number of nitrogens with one attached hydrogen (secondary N) is 2. The molecule has 1 aliphatic rings. The number of carbonyl (C=O) groups is 1. The minimum absolute atomic E-state index is 0.0183. The molecule has 0 fully saturated rings. The zero-order chi connectivity index (χ0) is 33.7. The van der Waals surface area contributed by atoms with Crippen LogP contribution in [0.25, 0.3) is 49.2 Å². The molecule has 12 nitrogen and oxygen atoms in total. The maximum Gasteiger partial charge on any atom is 0.194 e. The van der Waals surface area contributed by atoms with Gasteiger partial charge in [-0.05, 0) is 19.2 Å². The molecule has 0 heterocycles. The van der Waals surface area contributed by atoms with Crippen molar-refractivity contribution in [2.24, 2.45) is 0 Å². The predicted molar refractivity (Wildman–Crippen MR) is 181 cm³/mol. The molecule has 0 aliphatic heterocycles. The minimum atomic E-state index is -0.902. The van der Waals surface area contributed by atoms with E-state index in [1.807, 2.05) is 0 Å². The molecule has 0 saturated heterocycles. The van der Waals surface area contributed by atoms with Crippen LogP contribution in [0.15, 0.2) is 27.3 Å². The summed E-state index contributed by atoms with van der Waals surface area (Å²) in [5, 5.41) is 41.3. The Morgan fingerprint density at radius 3 is 1.98 bits per heavy atom. The van der Waals surface area contributed by atoms with Gasteiger partial charge in [0, 0.05) is 69.8 Å². The Balaban J connectivity index is 1.81. The zero-order valence-electron chi connectivity index (χ0n) is 26.8. The number of aliphatic hydroxyl groups is 1. The first kappa shape index (κ1) is 32.0. The number of allylic oxidation sites excluding steroid dienone is 1. The molecule has 12 heteroatoms. The average molecular weight is 645 g/mol. The molecule has 5 aromatic rings. The molecule has 0 saturated carbocycles. The third kappa shape index (κ3) is 4.74. The van der Waals surface area contributed by atoms with Gasteiger partial charge in [-0.3, -0.25) is 14.4 Å². The van der Waals surface area contributed by atoms with E-state index < -0.39 is 22.5 Å². The largest absolute Gasteiger partial charge is 0.505 e. The van der Waals surface area contributed by atoms with Crippen molar-refractivity contribution < 1.29 is 39.1 Å². The normalized spacial score (nSPS) is 14.3. The van der Waals surface area contributed by atoms with Crippen molar-refractivity contribution in [2.75, 3.05) is 66.1 Å². The maximum atomic E-state index is 13.8. The number of aliphatic hydroxyl groups excluding tert-OH is 1. The standard InChI is InChI=1S/C35H36N2O10/c1-15-12-17-23-28-24(33(42)32(17)37-7-6-36-8-10-47-11-9-38)18(40)13-20(44-3)26(28)27-21(45-4)14-19(41)25-30(27)29(23)31(22(15)16(2)39)35(46-5)34(25)43/h12-14,22,36-38,42-43H,6-11H2,1-5H3. The fraction of sp³-hybridized carbons (Fsp3) is 0.343. The maximum absolute atomic E-state index is 13.8. The highest BCUT2D eigenvalue weighted by molar-refractivity contribution is 6.40. The van der Waals surface area contributed by atoms with Crippen LogP contribution < -0.4 is 35.7 Å². The Kier molecular flexibility index (Phi) is 8.43. The summed E-state index contributed by atoms with van der Waals surface area (Å²) in [5.41, 5.74) is 0.669. The highest BCUT2D eigenvalue weighted by atomic mass is 16.5. The molecular weight excluding hydrogens is 608 g/mol. The van der Waals surface area contributed by atoms with Gasteiger partial charge in [-0.2, -0.15) is 0 Å². The summed E-state index contributed by atoms with van der Waals surface area (Å²) in [6, 6.07) is 2.54. The highest BCUT2D eigenvalue weighted by Crippen LogP contribution is 2.58. The van der Waals surface area contributed by atoms with Gasteiger partial charge < -0.3 is 44.9 Å². The number of aromatic hydroxyl groups is 2. The second-order valence-electron chi connectivity index (χ2n) is 11.5. The third-order valence-corrected chi connectivity index (χ3v) is 8.92. The molecule has 0 radical (unpaired) electrons. The molecule has 0 bridgehead atoms. The fourth-order valence-electron chi connectivity index (χ4n) is 7.16. The Labute approximate surface area is 268 Å². The van der Waals surface area contributed by atoms with E-state index in [0.29, 0.717) is 75.3 Å². The van der Waals surface area contributed by atoms with E-state index in [9.17, 15) is 24.6 Å². The van der Waals surface area contributed by atoms with Gasteiger partial charge in [0.05, 0.1) is 63.5 Å². The van der Waals surface area contributed by atoms with Crippen LogP contribution >= 0.6 is 0 Å². The first-order valence-electron chi connectivity index (χ1n) is 15.2. The average Bonchev–Trinajstić information content (AvgIpc) is 3.17. The summed E-state index contributed by atoms with van der Waals surface area (Å²) < 4.78 is 22.5. The monoisotopic (exact) mass is 644 g/mol. The summed E-state index contributed by atoms with van der Waals surface area (Å²) in [5.74, 6) is -1.51. The summed E-state index contributed by atoms with van der Waals surface area (Å²) in [4.78, 5) is 41.0. The summed E-state index contributed by atoms with van der Waals surface area (Å²) in [6.07, 6.45) is 1.79. The number of hydrogen-bond donors (Lipinski definition) is 5. The second kappa shape index (κ2) is 12.4. The Bertz CT molecular complexity index is 2210. The predicted octanol–water partition coefficient (Wildman–Crippen LogP) is 3.43. The van der Waals surface area contributed by atoms with Crippen LogP contribution in [0, 0.1) is 0 Å². The smallest absolute Gasteiger partial charge is 0.194 e. The number of anilines is 1. The minimum Gasteiger partial charge on any atom is -0.505 e. The van der Waals surface area contributed by atoms with Crippen LogP contribution in [0.2, 0.25) is 0 Å². The molecular formula is C35H36N2O10. The molecule has 1 atom stereocenters. The first-order chi connectivity index (χ1) is 22.6. The van der Waals surface area contributed by atoms with E-state index in [1.54, 1.807) is 13.0 Å². The van der Waals surface area contributed by atoms with Crippen LogP contribution in [0.4, 0.5) is 5.69 Å². The van der Waals surface area contributed by atoms with Gasteiger partial charge in [0.2, 0.25) is 0 Å². The lowest BCUT2D eigenvalue weighted by molar-refractivity contribution is -0.117. The molecule has 1 aliphatic carbocycles. The number of ketones is 1. The number of Topliss-reactive ketones (excluding diaryl/α,β-unsaturated/α-hetero) is 1. The van der Waals surface area contributed by atoms with Crippen LogP contribution in [-0.4, -0.2) is 81.9 Å². The van der Waals surface area contributed by atoms with Gasteiger partial charge in [-0.25, -0.2) is 0 Å². The lowest BCUT2D eigenvalue weighted by Crippen LogP contribution is -2.26. The van der Waals surface area contributed by atoms with Gasteiger partial charge in [0.1, 0.15) is 17.3 Å². The number of ether oxygens (including phenoxy) is 4. The summed E-state index contributed by atoms with van der Waals surface area (Å²) >= 11 is 0. The lowest BCUT2D eigenvalue weighted by Gasteiger charge is -2.25. The molecule has 246 valence electrons. The number of carbonyl (C=O) groups excluding carboxylic acids is 1. The quantitative estimate of drug-likeness (QED) is 0.0548. The molecule has 0 amide bonds. The van der Waals surface area contributed by atoms with Crippen LogP contribution in [-0.2, 0) is 9.53 Å². The van der Waals surface area contributed by atoms with Gasteiger partial charge in [0.25, 0.3) is 0 Å². The first-order valence-corrected chi connectivity index (χ1v) is 15.2. The molecule has 47 heavy (non-hydrogen) atoms. The van der Waals surface area contributed by atoms with Crippen molar-refractivity contribution in [3.8, 4) is 28.7 Å². The Morgan fingerprint density at radius 2 is 1.40 bits per heavy atom. The number of benzene rings is 5. The number of methoxy groups -OCH3 is 3. The third-order valence-electron chi connectivity index (χ3n) is 8.92. The van der Waals surface area contributed by atoms with E-state index in [-0.39, 0.29) is 58.5 Å². The fourth-order valence-corrected chi connectivity index (χ4v) is 7.16. The van der Waals surface area contributed by atoms with E-state index >= 15 is 0 Å². The zero-order valence-corrected chi connectivity index (χ0v) is 26.8. The van der Waals surface area contributed by atoms with E-state index in [0.717, 1.165) is 0 Å². The molecule has 5 aromatic carbocycles. The number of phenols is 2. The van der Waals surface area contributed by atoms with Crippen LogP contribution in [0.1, 0.15) is 30.9 Å². The summed E-state index contributed by atoms with van der Waals surface area (Å²) in [7, 11) is 4.19. The second-order valence-corrected chi connectivity index (χ2v) is 11.5. The van der Waals surface area contributed by atoms with Gasteiger partial charge >= 0.3 is 0 Å². The lowest BCUT2D eigenvalue weighted by atomic mass is 9.80. The van der Waals surface area contributed by atoms with Crippen LogP contribution in [0.3, 0.4) is 0 Å². The Hall–Kier alpha value is -4.91. The topological polar surface area (TPSA) is 173 Å². The van der Waals surface area contributed by atoms with Crippen molar-refractivity contribution >= 4 is 60.6 Å². The molecule has 0 spiro atoms. The van der Waals surface area contributed by atoms with Crippen molar-refractivity contribution in [1.29, 1.82) is 0 Å². The van der Waals surface area contributed by atoms with Crippen molar-refractivity contribution in [1.82, 2.24) is 5.32 Å². The molecule has 5 N–H and O–H groups in total. The highest BCUT2D eigenvalue weighted by Gasteiger charge is 2.37. The van der Waals surface area contributed by atoms with Gasteiger partial charge in [-0.1, -0.05) is 11.6 Å².